The quantitative estimate of drug-likeness (QED) is 0.885. The summed E-state index contributed by atoms with van der Waals surface area (Å²) in [5.41, 5.74) is 1.60. The molecule has 0 amide bonds. The molecule has 1 aromatic heterocycles. The van der Waals surface area contributed by atoms with Crippen molar-refractivity contribution in [3.8, 4) is 0 Å². The van der Waals surface area contributed by atoms with E-state index in [0.717, 1.165) is 5.92 Å². The predicted octanol–water partition coefficient (Wildman–Crippen LogP) is 3.47. The summed E-state index contributed by atoms with van der Waals surface area (Å²) in [7, 11) is 0. The maximum atomic E-state index is 3.80. The van der Waals surface area contributed by atoms with Crippen molar-refractivity contribution in [3.63, 3.8) is 0 Å². The van der Waals surface area contributed by atoms with Crippen molar-refractivity contribution in [3.05, 3.63) is 21.9 Å². The highest BCUT2D eigenvalue weighted by molar-refractivity contribution is 7.99. The van der Waals surface area contributed by atoms with Crippen molar-refractivity contribution in [2.75, 3.05) is 18.1 Å². The van der Waals surface area contributed by atoms with E-state index >= 15 is 0 Å². The Hall–Kier alpha value is 0.01000. The lowest BCUT2D eigenvalue weighted by Gasteiger charge is -2.25. The molecule has 2 aliphatic rings. The van der Waals surface area contributed by atoms with Crippen LogP contribution < -0.4 is 5.32 Å². The Bertz CT molecular complexity index is 341. The molecular weight excluding hydrogens is 234 g/mol. The molecule has 0 spiro atoms. The predicted molar refractivity (Wildman–Crippen MR) is 73.4 cm³/mol. The van der Waals surface area contributed by atoms with E-state index in [9.17, 15) is 0 Å². The molecule has 2 heterocycles. The van der Waals surface area contributed by atoms with Crippen LogP contribution >= 0.6 is 23.1 Å². The van der Waals surface area contributed by atoms with E-state index in [4.69, 9.17) is 0 Å². The zero-order chi connectivity index (χ0) is 10.8. The Kier molecular flexibility index (Phi) is 3.55. The number of nitrogens with one attached hydrogen (secondary N) is 1. The molecule has 1 N–H and O–H groups in total. The minimum atomic E-state index is 0.653. The van der Waals surface area contributed by atoms with Gasteiger partial charge in [0.2, 0.25) is 0 Å². The van der Waals surface area contributed by atoms with E-state index in [1.807, 2.05) is 11.3 Å². The fraction of sp³-hybridized carbons (Fsp3) is 0.692. The van der Waals surface area contributed by atoms with Crippen molar-refractivity contribution in [2.45, 2.75) is 31.7 Å². The highest BCUT2D eigenvalue weighted by Crippen LogP contribution is 2.33. The van der Waals surface area contributed by atoms with Gasteiger partial charge in [0.15, 0.2) is 0 Å². The van der Waals surface area contributed by atoms with Gasteiger partial charge in [-0.25, -0.2) is 0 Å². The standard InChI is InChI=1S/C13H19NS2/c1-2-12(11-5-7-16-13(11)3-1)14-8-10-4-6-15-9-10/h5,7,10,12,14H,1-4,6,8-9H2. The van der Waals surface area contributed by atoms with Gasteiger partial charge in [-0.05, 0) is 66.7 Å². The molecule has 3 rings (SSSR count). The van der Waals surface area contributed by atoms with Gasteiger partial charge in [-0.3, -0.25) is 0 Å². The Morgan fingerprint density at radius 3 is 3.25 bits per heavy atom. The van der Waals surface area contributed by atoms with E-state index in [0.29, 0.717) is 6.04 Å². The topological polar surface area (TPSA) is 12.0 Å². The summed E-state index contributed by atoms with van der Waals surface area (Å²) >= 11 is 4.06. The monoisotopic (exact) mass is 253 g/mol. The van der Waals surface area contributed by atoms with Crippen LogP contribution in [0.4, 0.5) is 0 Å². The SMILES string of the molecule is c1cc2c(s1)CCCC2NCC1CCSC1. The molecule has 0 aromatic carbocycles. The molecule has 0 saturated carbocycles. The first-order valence-corrected chi connectivity index (χ1v) is 8.34. The maximum absolute atomic E-state index is 3.80. The molecule has 1 aromatic rings. The van der Waals surface area contributed by atoms with Crippen molar-refractivity contribution in [2.24, 2.45) is 5.92 Å². The third-order valence-electron chi connectivity index (χ3n) is 3.73. The molecular formula is C13H19NS2. The van der Waals surface area contributed by atoms with Crippen LogP contribution in [0.15, 0.2) is 11.4 Å². The van der Waals surface area contributed by atoms with Crippen molar-refractivity contribution >= 4 is 23.1 Å². The van der Waals surface area contributed by atoms with Crippen LogP contribution in [0.1, 0.15) is 35.7 Å². The van der Waals surface area contributed by atoms with Gasteiger partial charge in [0, 0.05) is 10.9 Å². The molecule has 1 aliphatic heterocycles. The summed E-state index contributed by atoms with van der Waals surface area (Å²) in [6, 6.07) is 2.99. The first-order chi connectivity index (χ1) is 7.93. The van der Waals surface area contributed by atoms with Gasteiger partial charge >= 0.3 is 0 Å². The first-order valence-electron chi connectivity index (χ1n) is 6.31. The van der Waals surface area contributed by atoms with Gasteiger partial charge < -0.3 is 5.32 Å². The van der Waals surface area contributed by atoms with Crippen LogP contribution in [-0.4, -0.2) is 18.1 Å². The Morgan fingerprint density at radius 1 is 1.38 bits per heavy atom. The number of hydrogen-bond acceptors (Lipinski definition) is 3. The van der Waals surface area contributed by atoms with Gasteiger partial charge in [-0.15, -0.1) is 11.3 Å². The summed E-state index contributed by atoms with van der Waals surface area (Å²) in [6.07, 6.45) is 5.43. The highest BCUT2D eigenvalue weighted by Gasteiger charge is 2.22. The fourth-order valence-electron chi connectivity index (χ4n) is 2.75. The number of rotatable bonds is 3. The zero-order valence-corrected chi connectivity index (χ0v) is 11.2. The number of thioether (sulfide) groups is 1. The van der Waals surface area contributed by atoms with Crippen LogP contribution in [0.25, 0.3) is 0 Å². The highest BCUT2D eigenvalue weighted by atomic mass is 32.2. The van der Waals surface area contributed by atoms with Crippen molar-refractivity contribution < 1.29 is 0 Å². The maximum Gasteiger partial charge on any atom is 0.0331 e. The minimum Gasteiger partial charge on any atom is -0.310 e. The van der Waals surface area contributed by atoms with Crippen LogP contribution in [0.2, 0.25) is 0 Å². The molecule has 1 fully saturated rings. The molecule has 88 valence electrons. The second-order valence-corrected chi connectivity index (χ2v) is 7.03. The molecule has 1 saturated heterocycles. The van der Waals surface area contributed by atoms with E-state index in [1.165, 1.54) is 43.7 Å². The Balaban J connectivity index is 1.59. The van der Waals surface area contributed by atoms with Crippen LogP contribution in [-0.2, 0) is 6.42 Å². The van der Waals surface area contributed by atoms with Crippen LogP contribution in [0.3, 0.4) is 0 Å². The first kappa shape index (κ1) is 11.1. The smallest absolute Gasteiger partial charge is 0.0331 e. The lowest BCUT2D eigenvalue weighted by atomic mass is 9.93. The summed E-state index contributed by atoms with van der Waals surface area (Å²) < 4.78 is 0. The third-order valence-corrected chi connectivity index (χ3v) is 5.96. The summed E-state index contributed by atoms with van der Waals surface area (Å²) in [6.45, 7) is 1.23. The molecule has 16 heavy (non-hydrogen) atoms. The molecule has 3 heteroatoms. The van der Waals surface area contributed by atoms with Gasteiger partial charge in [0.1, 0.15) is 0 Å². The van der Waals surface area contributed by atoms with Crippen LogP contribution in [0.5, 0.6) is 0 Å². The van der Waals surface area contributed by atoms with Gasteiger partial charge in [0.25, 0.3) is 0 Å². The lowest BCUT2D eigenvalue weighted by molar-refractivity contribution is 0.420. The van der Waals surface area contributed by atoms with Crippen molar-refractivity contribution in [1.82, 2.24) is 5.32 Å². The second-order valence-electron chi connectivity index (χ2n) is 4.88. The van der Waals surface area contributed by atoms with Gasteiger partial charge in [-0.1, -0.05) is 0 Å². The lowest BCUT2D eigenvalue weighted by Crippen LogP contribution is -2.29. The second kappa shape index (κ2) is 5.11. The normalized spacial score (nSPS) is 29.2. The minimum absolute atomic E-state index is 0.653. The summed E-state index contributed by atoms with van der Waals surface area (Å²) in [4.78, 5) is 1.63. The van der Waals surface area contributed by atoms with E-state index in [2.05, 4.69) is 28.5 Å². The third kappa shape index (κ3) is 2.31. The van der Waals surface area contributed by atoms with Crippen molar-refractivity contribution in [1.29, 1.82) is 0 Å². The van der Waals surface area contributed by atoms with Crippen LogP contribution in [0, 0.1) is 5.92 Å². The van der Waals surface area contributed by atoms with E-state index < -0.39 is 0 Å². The Morgan fingerprint density at radius 2 is 2.38 bits per heavy atom. The summed E-state index contributed by atoms with van der Waals surface area (Å²) in [5.74, 6) is 3.67. The van der Waals surface area contributed by atoms with Gasteiger partial charge in [0.05, 0.1) is 0 Å². The zero-order valence-electron chi connectivity index (χ0n) is 9.58. The van der Waals surface area contributed by atoms with E-state index in [1.54, 1.807) is 10.4 Å². The molecule has 2 unspecified atom stereocenters. The average Bonchev–Trinajstić information content (AvgIpc) is 2.97. The number of hydrogen-bond donors (Lipinski definition) is 1. The summed E-state index contributed by atoms with van der Waals surface area (Å²) in [5, 5.41) is 6.06. The fourth-order valence-corrected chi connectivity index (χ4v) is 5.02. The molecule has 1 nitrogen and oxygen atoms in total. The number of thiophene rings is 1. The molecule has 2 atom stereocenters. The average molecular weight is 253 g/mol. The Labute approximate surface area is 106 Å². The largest absolute Gasteiger partial charge is 0.310 e. The number of fused-ring (bicyclic) bond motifs is 1. The van der Waals surface area contributed by atoms with Gasteiger partial charge in [-0.2, -0.15) is 11.8 Å². The molecule has 1 aliphatic carbocycles. The number of aryl methyl sites for hydroxylation is 1. The molecule has 0 radical (unpaired) electrons. The van der Waals surface area contributed by atoms with E-state index in [-0.39, 0.29) is 0 Å². The molecule has 0 bridgehead atoms.